The molecule has 3 rings (SSSR count). The Labute approximate surface area is 164 Å². The van der Waals surface area contributed by atoms with Gasteiger partial charge in [0.1, 0.15) is 12.2 Å². The monoisotopic (exact) mass is 450 g/mol. The van der Waals surface area contributed by atoms with Gasteiger partial charge in [0.2, 0.25) is 0 Å². The summed E-state index contributed by atoms with van der Waals surface area (Å²) in [6.07, 6.45) is 1.55. The molecular formula is C18H23IN6. The summed E-state index contributed by atoms with van der Waals surface area (Å²) in [7, 11) is 1.88. The molecule has 0 spiro atoms. The summed E-state index contributed by atoms with van der Waals surface area (Å²) < 4.78 is 1.75. The summed E-state index contributed by atoms with van der Waals surface area (Å²) in [6, 6.07) is 14.8. The number of fused-ring (bicyclic) bond motifs is 1. The van der Waals surface area contributed by atoms with Gasteiger partial charge in [-0.25, -0.2) is 9.98 Å². The van der Waals surface area contributed by atoms with Crippen molar-refractivity contribution in [2.75, 3.05) is 6.54 Å². The molecule has 1 heterocycles. The Bertz CT molecular complexity index is 842. The van der Waals surface area contributed by atoms with Crippen LogP contribution in [0.15, 0.2) is 53.8 Å². The van der Waals surface area contributed by atoms with Crippen LogP contribution < -0.4 is 10.6 Å². The summed E-state index contributed by atoms with van der Waals surface area (Å²) >= 11 is 0. The molecule has 0 saturated heterocycles. The Kier molecular flexibility index (Phi) is 7.17. The van der Waals surface area contributed by atoms with Crippen LogP contribution >= 0.6 is 24.0 Å². The van der Waals surface area contributed by atoms with Crippen molar-refractivity contribution in [2.24, 2.45) is 12.0 Å². The van der Waals surface area contributed by atoms with Crippen molar-refractivity contribution in [1.29, 1.82) is 0 Å². The molecule has 0 unspecified atom stereocenters. The molecule has 132 valence electrons. The molecule has 2 N–H and O–H groups in total. The number of aryl methyl sites for hydroxylation is 1. The van der Waals surface area contributed by atoms with Gasteiger partial charge in [0.05, 0.1) is 13.1 Å². The largest absolute Gasteiger partial charge is 0.357 e. The number of halogens is 1. The predicted molar refractivity (Wildman–Crippen MR) is 112 cm³/mol. The molecule has 0 atom stereocenters. The molecule has 25 heavy (non-hydrogen) atoms. The molecule has 0 amide bonds. The van der Waals surface area contributed by atoms with E-state index in [0.717, 1.165) is 18.3 Å². The van der Waals surface area contributed by atoms with Crippen molar-refractivity contribution in [3.8, 4) is 0 Å². The highest BCUT2D eigenvalue weighted by Gasteiger charge is 2.03. The Morgan fingerprint density at radius 3 is 2.64 bits per heavy atom. The zero-order valence-electron chi connectivity index (χ0n) is 14.4. The smallest absolute Gasteiger partial charge is 0.191 e. The molecule has 2 aromatic carbocycles. The number of rotatable bonds is 5. The molecule has 0 bridgehead atoms. The van der Waals surface area contributed by atoms with Crippen LogP contribution in [0.4, 0.5) is 0 Å². The predicted octanol–water partition coefficient (Wildman–Crippen LogP) is 2.84. The molecule has 1 aromatic heterocycles. The highest BCUT2D eigenvalue weighted by molar-refractivity contribution is 14.0. The zero-order chi connectivity index (χ0) is 16.8. The standard InChI is InChI=1S/C18H22N6.HI/c1-3-19-18(21-12-17-22-13-23-24(17)2)20-11-14-8-9-15-6-4-5-7-16(15)10-14;/h4-10,13H,3,11-12H2,1-2H3,(H2,19,20,21);1H. The van der Waals surface area contributed by atoms with Crippen LogP contribution in [0.1, 0.15) is 18.3 Å². The van der Waals surface area contributed by atoms with Gasteiger partial charge in [-0.05, 0) is 29.3 Å². The van der Waals surface area contributed by atoms with E-state index >= 15 is 0 Å². The molecule has 0 aliphatic carbocycles. The number of aliphatic imine (C=N–C) groups is 1. The second-order valence-electron chi connectivity index (χ2n) is 5.53. The average molecular weight is 450 g/mol. The Hall–Kier alpha value is -2.16. The van der Waals surface area contributed by atoms with Crippen LogP contribution in [0, 0.1) is 0 Å². The number of hydrogen-bond donors (Lipinski definition) is 2. The maximum absolute atomic E-state index is 4.66. The van der Waals surface area contributed by atoms with Gasteiger partial charge in [-0.15, -0.1) is 24.0 Å². The van der Waals surface area contributed by atoms with Gasteiger partial charge in [0.15, 0.2) is 5.96 Å². The van der Waals surface area contributed by atoms with Gasteiger partial charge in [-0.3, -0.25) is 4.68 Å². The van der Waals surface area contributed by atoms with Crippen LogP contribution in [0.5, 0.6) is 0 Å². The van der Waals surface area contributed by atoms with Gasteiger partial charge in [-0.2, -0.15) is 5.10 Å². The molecule has 0 saturated carbocycles. The van der Waals surface area contributed by atoms with E-state index in [0.29, 0.717) is 13.1 Å². The van der Waals surface area contributed by atoms with Crippen LogP contribution in [-0.2, 0) is 20.1 Å². The first-order valence-electron chi connectivity index (χ1n) is 8.09. The van der Waals surface area contributed by atoms with Crippen molar-refractivity contribution < 1.29 is 0 Å². The highest BCUT2D eigenvalue weighted by atomic mass is 127. The third-order valence-electron chi connectivity index (χ3n) is 3.80. The highest BCUT2D eigenvalue weighted by Crippen LogP contribution is 2.16. The van der Waals surface area contributed by atoms with Crippen LogP contribution in [0.25, 0.3) is 10.8 Å². The van der Waals surface area contributed by atoms with E-state index in [4.69, 9.17) is 0 Å². The first-order chi connectivity index (χ1) is 11.8. The normalized spacial score (nSPS) is 11.2. The minimum absolute atomic E-state index is 0. The third kappa shape index (κ3) is 5.15. The van der Waals surface area contributed by atoms with Crippen LogP contribution in [0.2, 0.25) is 0 Å². The number of hydrogen-bond acceptors (Lipinski definition) is 3. The Morgan fingerprint density at radius 2 is 1.92 bits per heavy atom. The van der Waals surface area contributed by atoms with E-state index in [1.54, 1.807) is 11.0 Å². The topological polar surface area (TPSA) is 67.1 Å². The second kappa shape index (κ2) is 9.36. The maximum Gasteiger partial charge on any atom is 0.191 e. The average Bonchev–Trinajstić information content (AvgIpc) is 3.02. The SMILES string of the molecule is CCNC(=NCc1ccc2ccccc2c1)NCc1ncnn1C.I. The molecule has 0 aliphatic rings. The fraction of sp³-hybridized carbons (Fsp3) is 0.278. The minimum atomic E-state index is 0. The lowest BCUT2D eigenvalue weighted by molar-refractivity contribution is 0.673. The zero-order valence-corrected chi connectivity index (χ0v) is 16.8. The first-order valence-corrected chi connectivity index (χ1v) is 8.09. The van der Waals surface area contributed by atoms with Gasteiger partial charge in [-0.1, -0.05) is 36.4 Å². The lowest BCUT2D eigenvalue weighted by Crippen LogP contribution is -2.37. The van der Waals surface area contributed by atoms with E-state index in [1.807, 2.05) is 7.05 Å². The van der Waals surface area contributed by atoms with Crippen molar-refractivity contribution in [2.45, 2.75) is 20.0 Å². The second-order valence-corrected chi connectivity index (χ2v) is 5.53. The summed E-state index contributed by atoms with van der Waals surface area (Å²) in [5, 5.41) is 13.1. The van der Waals surface area contributed by atoms with Gasteiger partial charge in [0.25, 0.3) is 0 Å². The summed E-state index contributed by atoms with van der Waals surface area (Å²) in [5.74, 6) is 1.64. The van der Waals surface area contributed by atoms with E-state index < -0.39 is 0 Å². The molecule has 6 nitrogen and oxygen atoms in total. The van der Waals surface area contributed by atoms with Crippen molar-refractivity contribution in [3.05, 3.63) is 60.2 Å². The van der Waals surface area contributed by atoms with Crippen molar-refractivity contribution >= 4 is 40.7 Å². The number of aromatic nitrogens is 3. The third-order valence-corrected chi connectivity index (χ3v) is 3.80. The number of benzene rings is 2. The van der Waals surface area contributed by atoms with Crippen LogP contribution in [0.3, 0.4) is 0 Å². The number of guanidine groups is 1. The summed E-state index contributed by atoms with van der Waals surface area (Å²) in [5.41, 5.74) is 1.18. The molecular weight excluding hydrogens is 427 g/mol. The van der Waals surface area contributed by atoms with E-state index in [9.17, 15) is 0 Å². The summed E-state index contributed by atoms with van der Waals surface area (Å²) in [4.78, 5) is 8.86. The van der Waals surface area contributed by atoms with Crippen molar-refractivity contribution in [3.63, 3.8) is 0 Å². The molecule has 7 heteroatoms. The van der Waals surface area contributed by atoms with Crippen LogP contribution in [-0.4, -0.2) is 27.3 Å². The fourth-order valence-electron chi connectivity index (χ4n) is 2.49. The van der Waals surface area contributed by atoms with E-state index in [-0.39, 0.29) is 24.0 Å². The number of nitrogens with zero attached hydrogens (tertiary/aromatic N) is 4. The minimum Gasteiger partial charge on any atom is -0.357 e. The van der Waals surface area contributed by atoms with Gasteiger partial charge >= 0.3 is 0 Å². The van der Waals surface area contributed by atoms with Crippen molar-refractivity contribution in [1.82, 2.24) is 25.4 Å². The molecule has 0 aliphatic heterocycles. The Balaban J connectivity index is 0.00000225. The summed E-state index contributed by atoms with van der Waals surface area (Å²) in [6.45, 7) is 4.07. The van der Waals surface area contributed by atoms with E-state index in [2.05, 4.69) is 75.1 Å². The number of nitrogens with one attached hydrogen (secondary N) is 2. The van der Waals surface area contributed by atoms with E-state index in [1.165, 1.54) is 16.3 Å². The lowest BCUT2D eigenvalue weighted by atomic mass is 10.1. The fourth-order valence-corrected chi connectivity index (χ4v) is 2.49. The maximum atomic E-state index is 4.66. The lowest BCUT2D eigenvalue weighted by Gasteiger charge is -2.11. The Morgan fingerprint density at radius 1 is 1.12 bits per heavy atom. The molecule has 3 aromatic rings. The quantitative estimate of drug-likeness (QED) is 0.357. The molecule has 0 radical (unpaired) electrons. The van der Waals surface area contributed by atoms with Gasteiger partial charge < -0.3 is 10.6 Å². The van der Waals surface area contributed by atoms with Gasteiger partial charge in [0, 0.05) is 13.6 Å². The molecule has 0 fully saturated rings. The first kappa shape index (κ1) is 19.2.